The van der Waals surface area contributed by atoms with Gasteiger partial charge in [-0.25, -0.2) is 15.0 Å². The van der Waals surface area contributed by atoms with Crippen LogP contribution in [0.2, 0.25) is 0 Å². The zero-order valence-electron chi connectivity index (χ0n) is 15.8. The van der Waals surface area contributed by atoms with Crippen LogP contribution in [0.15, 0.2) is 23.0 Å². The number of hydrogen-bond acceptors (Lipinski definition) is 6. The second-order valence-corrected chi connectivity index (χ2v) is 7.24. The Hall–Kier alpha value is -2.74. The minimum atomic E-state index is -0.0650. The van der Waals surface area contributed by atoms with Crippen LogP contribution in [0.4, 0.5) is 0 Å². The molecule has 0 radical (unpaired) electrons. The maximum Gasteiger partial charge on any atom is 0.255 e. The van der Waals surface area contributed by atoms with Gasteiger partial charge in [-0.05, 0) is 12.0 Å². The van der Waals surface area contributed by atoms with Crippen molar-refractivity contribution in [2.24, 2.45) is 5.92 Å². The smallest absolute Gasteiger partial charge is 0.255 e. The van der Waals surface area contributed by atoms with Gasteiger partial charge < -0.3 is 18.6 Å². The zero-order valence-corrected chi connectivity index (χ0v) is 15.8. The van der Waals surface area contributed by atoms with E-state index in [0.29, 0.717) is 43.5 Å². The maximum atomic E-state index is 12.9. The summed E-state index contributed by atoms with van der Waals surface area (Å²) in [4.78, 5) is 28.0. The largest absolute Gasteiger partial charge is 0.443 e. The van der Waals surface area contributed by atoms with Crippen molar-refractivity contribution in [1.82, 2.24) is 24.4 Å². The van der Waals surface area contributed by atoms with E-state index in [1.807, 2.05) is 10.6 Å². The Morgan fingerprint density at radius 3 is 3.00 bits per heavy atom. The van der Waals surface area contributed by atoms with Gasteiger partial charge in [0.2, 0.25) is 5.89 Å². The third kappa shape index (κ3) is 3.44. The molecule has 27 heavy (non-hydrogen) atoms. The normalized spacial score (nSPS) is 14.1. The van der Waals surface area contributed by atoms with Crippen LogP contribution >= 0.6 is 0 Å². The van der Waals surface area contributed by atoms with Gasteiger partial charge in [0.15, 0.2) is 5.65 Å². The molecule has 4 heterocycles. The average Bonchev–Trinajstić information content (AvgIpc) is 3.23. The molecular formula is C19H23N5O3. The monoisotopic (exact) mass is 369 g/mol. The SMILES string of the molecule is COCc1nc2c(o1)CCN(C(=O)c1cnc3c(c1)ncn3CC(C)C)C2. The Labute approximate surface area is 157 Å². The fourth-order valence-corrected chi connectivity index (χ4v) is 3.39. The van der Waals surface area contributed by atoms with Crippen molar-refractivity contribution in [3.8, 4) is 0 Å². The van der Waals surface area contributed by atoms with Gasteiger partial charge in [0, 0.05) is 32.8 Å². The summed E-state index contributed by atoms with van der Waals surface area (Å²) in [6.45, 7) is 6.50. The minimum absolute atomic E-state index is 0.0650. The van der Waals surface area contributed by atoms with Crippen molar-refractivity contribution in [3.63, 3.8) is 0 Å². The molecule has 8 nitrogen and oxygen atoms in total. The van der Waals surface area contributed by atoms with E-state index in [-0.39, 0.29) is 5.91 Å². The lowest BCUT2D eigenvalue weighted by molar-refractivity contribution is 0.0727. The highest BCUT2D eigenvalue weighted by molar-refractivity contribution is 5.96. The highest BCUT2D eigenvalue weighted by Gasteiger charge is 2.26. The number of carbonyl (C=O) groups is 1. The van der Waals surface area contributed by atoms with Crippen molar-refractivity contribution >= 4 is 17.1 Å². The number of nitrogens with zero attached hydrogens (tertiary/aromatic N) is 5. The summed E-state index contributed by atoms with van der Waals surface area (Å²) in [6.07, 6.45) is 4.07. The van der Waals surface area contributed by atoms with E-state index >= 15 is 0 Å². The van der Waals surface area contributed by atoms with Crippen LogP contribution in [-0.4, -0.2) is 44.0 Å². The molecule has 0 fully saturated rings. The first kappa shape index (κ1) is 17.7. The van der Waals surface area contributed by atoms with Gasteiger partial charge in [-0.3, -0.25) is 4.79 Å². The van der Waals surface area contributed by atoms with Crippen molar-refractivity contribution in [3.05, 3.63) is 41.5 Å². The highest BCUT2D eigenvalue weighted by Crippen LogP contribution is 2.22. The van der Waals surface area contributed by atoms with Gasteiger partial charge in [-0.15, -0.1) is 0 Å². The summed E-state index contributed by atoms with van der Waals surface area (Å²) in [5, 5.41) is 0. The first-order valence-electron chi connectivity index (χ1n) is 9.11. The molecule has 0 saturated carbocycles. The van der Waals surface area contributed by atoms with E-state index in [1.165, 1.54) is 0 Å². The molecule has 3 aromatic rings. The fraction of sp³-hybridized carbons (Fsp3) is 0.474. The first-order chi connectivity index (χ1) is 13.0. The van der Waals surface area contributed by atoms with E-state index in [4.69, 9.17) is 9.15 Å². The lowest BCUT2D eigenvalue weighted by Gasteiger charge is -2.25. The Kier molecular flexibility index (Phi) is 4.65. The van der Waals surface area contributed by atoms with Crippen molar-refractivity contribution in [2.45, 2.75) is 40.0 Å². The molecule has 4 rings (SSSR count). The number of carbonyl (C=O) groups excluding carboxylic acids is 1. The topological polar surface area (TPSA) is 86.3 Å². The number of hydrogen-bond donors (Lipinski definition) is 0. The molecule has 1 amide bonds. The molecule has 0 aliphatic carbocycles. The van der Waals surface area contributed by atoms with Crippen LogP contribution in [0.1, 0.15) is 41.6 Å². The average molecular weight is 369 g/mol. The van der Waals surface area contributed by atoms with Crippen molar-refractivity contribution in [1.29, 1.82) is 0 Å². The first-order valence-corrected chi connectivity index (χ1v) is 9.11. The van der Waals surface area contributed by atoms with Crippen LogP contribution in [0, 0.1) is 5.92 Å². The molecule has 0 bridgehead atoms. The van der Waals surface area contributed by atoms with E-state index in [1.54, 1.807) is 24.5 Å². The summed E-state index contributed by atoms with van der Waals surface area (Å²) in [5.41, 5.74) is 2.89. The molecule has 3 aromatic heterocycles. The van der Waals surface area contributed by atoms with Gasteiger partial charge >= 0.3 is 0 Å². The molecule has 0 atom stereocenters. The molecule has 0 N–H and O–H groups in total. The summed E-state index contributed by atoms with van der Waals surface area (Å²) in [5.74, 6) is 1.82. The molecule has 142 valence electrons. The fourth-order valence-electron chi connectivity index (χ4n) is 3.39. The maximum absolute atomic E-state index is 12.9. The predicted octanol–water partition coefficient (Wildman–Crippen LogP) is 2.42. The second kappa shape index (κ2) is 7.11. The number of rotatable bonds is 5. The van der Waals surface area contributed by atoms with Crippen LogP contribution in [0.5, 0.6) is 0 Å². The summed E-state index contributed by atoms with van der Waals surface area (Å²) >= 11 is 0. The summed E-state index contributed by atoms with van der Waals surface area (Å²) < 4.78 is 12.8. The van der Waals surface area contributed by atoms with E-state index in [9.17, 15) is 4.79 Å². The van der Waals surface area contributed by atoms with Crippen LogP contribution in [0.25, 0.3) is 11.2 Å². The molecule has 1 aliphatic rings. The zero-order chi connectivity index (χ0) is 19.0. The van der Waals surface area contributed by atoms with Gasteiger partial charge in [-0.1, -0.05) is 13.8 Å². The molecule has 0 aromatic carbocycles. The van der Waals surface area contributed by atoms with Crippen LogP contribution < -0.4 is 0 Å². The molecule has 0 spiro atoms. The standard InChI is InChI=1S/C19H23N5O3/c1-12(2)8-24-11-21-14-6-13(7-20-18(14)24)19(25)23-5-4-16-15(9-23)22-17(27-16)10-26-3/h6-7,11-12H,4-5,8-10H2,1-3H3. The molecule has 0 unspecified atom stereocenters. The van der Waals surface area contributed by atoms with Crippen molar-refractivity contribution in [2.75, 3.05) is 13.7 Å². The Balaban J connectivity index is 1.54. The number of methoxy groups -OCH3 is 1. The lowest BCUT2D eigenvalue weighted by atomic mass is 10.1. The number of amides is 1. The number of fused-ring (bicyclic) bond motifs is 2. The van der Waals surface area contributed by atoms with Gasteiger partial charge in [0.25, 0.3) is 5.91 Å². The predicted molar refractivity (Wildman–Crippen MR) is 98.0 cm³/mol. The molecule has 0 saturated heterocycles. The molecule has 1 aliphatic heterocycles. The molecule has 8 heteroatoms. The number of oxazole rings is 1. The number of aromatic nitrogens is 4. The van der Waals surface area contributed by atoms with Crippen LogP contribution in [0.3, 0.4) is 0 Å². The minimum Gasteiger partial charge on any atom is -0.443 e. The lowest BCUT2D eigenvalue weighted by Crippen LogP contribution is -2.35. The molecular weight excluding hydrogens is 346 g/mol. The van der Waals surface area contributed by atoms with Crippen LogP contribution in [-0.2, 0) is 30.9 Å². The second-order valence-electron chi connectivity index (χ2n) is 7.24. The van der Waals surface area contributed by atoms with E-state index in [2.05, 4.69) is 28.8 Å². The van der Waals surface area contributed by atoms with Gasteiger partial charge in [-0.2, -0.15) is 0 Å². The number of pyridine rings is 1. The van der Waals surface area contributed by atoms with Gasteiger partial charge in [0.1, 0.15) is 23.6 Å². The Morgan fingerprint density at radius 2 is 2.22 bits per heavy atom. The number of ether oxygens (including phenoxy) is 1. The summed E-state index contributed by atoms with van der Waals surface area (Å²) in [7, 11) is 1.60. The summed E-state index contributed by atoms with van der Waals surface area (Å²) in [6, 6.07) is 1.82. The third-order valence-electron chi connectivity index (χ3n) is 4.59. The third-order valence-corrected chi connectivity index (χ3v) is 4.59. The van der Waals surface area contributed by atoms with Gasteiger partial charge in [0.05, 0.1) is 18.4 Å². The number of imidazole rings is 1. The van der Waals surface area contributed by atoms with Crippen molar-refractivity contribution < 1.29 is 13.9 Å². The Morgan fingerprint density at radius 1 is 1.37 bits per heavy atom. The highest BCUT2D eigenvalue weighted by atomic mass is 16.5. The van der Waals surface area contributed by atoms with E-state index < -0.39 is 0 Å². The Bertz CT molecular complexity index is 975. The quantitative estimate of drug-likeness (QED) is 0.686. The van der Waals surface area contributed by atoms with E-state index in [0.717, 1.165) is 29.2 Å².